The standard InChI is InChI=1S/C41H34N6O2/c48-40(49)38-34-22-21-29-26-43-39(30-25-28-13-10-11-20-35(28)42-27-30)45-36(29)37(34)46-47(38)24-12-23-44-41(31-14-4-1-5-15-31,32-16-6-2-7-17-32)33-18-8-3-9-19-33/h1-11,13-20,25-27,44H,12,21-24H2,(H,48,49). The van der Waals surface area contributed by atoms with Crippen molar-refractivity contribution in [2.24, 2.45) is 0 Å². The van der Waals surface area contributed by atoms with Crippen LogP contribution in [0.25, 0.3) is 33.7 Å². The molecule has 0 aliphatic heterocycles. The highest BCUT2D eigenvalue weighted by Crippen LogP contribution is 2.37. The minimum atomic E-state index is -0.981. The van der Waals surface area contributed by atoms with Crippen LogP contribution in [-0.4, -0.2) is 42.4 Å². The molecule has 240 valence electrons. The Labute approximate surface area is 284 Å². The summed E-state index contributed by atoms with van der Waals surface area (Å²) in [7, 11) is 0. The molecule has 2 N–H and O–H groups in total. The lowest BCUT2D eigenvalue weighted by molar-refractivity contribution is 0.0681. The predicted molar refractivity (Wildman–Crippen MR) is 190 cm³/mol. The number of carboxylic acids is 1. The summed E-state index contributed by atoms with van der Waals surface area (Å²) < 4.78 is 1.65. The molecule has 0 atom stereocenters. The van der Waals surface area contributed by atoms with Crippen LogP contribution in [0.2, 0.25) is 0 Å². The van der Waals surface area contributed by atoms with Gasteiger partial charge in [0.15, 0.2) is 5.82 Å². The highest BCUT2D eigenvalue weighted by molar-refractivity contribution is 5.90. The Kier molecular flexibility index (Phi) is 7.99. The van der Waals surface area contributed by atoms with E-state index in [0.717, 1.165) is 44.3 Å². The molecule has 3 aromatic heterocycles. The first-order chi connectivity index (χ1) is 24.1. The van der Waals surface area contributed by atoms with Crippen LogP contribution >= 0.6 is 0 Å². The van der Waals surface area contributed by atoms with E-state index >= 15 is 0 Å². The first kappa shape index (κ1) is 30.4. The van der Waals surface area contributed by atoms with Gasteiger partial charge < -0.3 is 5.11 Å². The highest BCUT2D eigenvalue weighted by atomic mass is 16.4. The lowest BCUT2D eigenvalue weighted by Gasteiger charge is -2.37. The Morgan fingerprint density at radius 1 is 0.755 bits per heavy atom. The van der Waals surface area contributed by atoms with Crippen LogP contribution in [0.4, 0.5) is 0 Å². The van der Waals surface area contributed by atoms with Gasteiger partial charge in [-0.15, -0.1) is 0 Å². The van der Waals surface area contributed by atoms with Crippen LogP contribution in [-0.2, 0) is 24.9 Å². The molecule has 49 heavy (non-hydrogen) atoms. The number of para-hydroxylation sites is 1. The average Bonchev–Trinajstić information content (AvgIpc) is 3.55. The van der Waals surface area contributed by atoms with Gasteiger partial charge in [0.05, 0.1) is 16.7 Å². The van der Waals surface area contributed by atoms with Crippen molar-refractivity contribution in [2.75, 3.05) is 6.54 Å². The number of aryl methyl sites for hydroxylation is 2. The third kappa shape index (κ3) is 5.56. The number of pyridine rings is 1. The Hall–Kier alpha value is -5.99. The summed E-state index contributed by atoms with van der Waals surface area (Å²) >= 11 is 0. The van der Waals surface area contributed by atoms with Crippen molar-refractivity contribution in [3.63, 3.8) is 0 Å². The summed E-state index contributed by atoms with van der Waals surface area (Å²) in [5.41, 5.74) is 7.71. The van der Waals surface area contributed by atoms with Crippen molar-refractivity contribution < 1.29 is 9.90 Å². The molecular formula is C41H34N6O2. The number of hydrogen-bond donors (Lipinski definition) is 2. The molecule has 0 bridgehead atoms. The Morgan fingerprint density at radius 2 is 1.39 bits per heavy atom. The quantitative estimate of drug-likeness (QED) is 0.119. The smallest absolute Gasteiger partial charge is 0.354 e. The van der Waals surface area contributed by atoms with Crippen molar-refractivity contribution in [2.45, 2.75) is 31.3 Å². The summed E-state index contributed by atoms with van der Waals surface area (Å²) in [6.45, 7) is 1.04. The molecule has 0 unspecified atom stereocenters. The fraction of sp³-hybridized carbons (Fsp3) is 0.146. The van der Waals surface area contributed by atoms with E-state index in [2.05, 4.69) is 88.1 Å². The lowest BCUT2D eigenvalue weighted by Crippen LogP contribution is -2.45. The molecule has 0 radical (unpaired) electrons. The van der Waals surface area contributed by atoms with Gasteiger partial charge in [-0.05, 0) is 60.2 Å². The zero-order valence-corrected chi connectivity index (χ0v) is 26.8. The molecule has 4 aromatic carbocycles. The summed E-state index contributed by atoms with van der Waals surface area (Å²) in [5.74, 6) is -0.440. The van der Waals surface area contributed by atoms with E-state index in [1.165, 1.54) is 0 Å². The monoisotopic (exact) mass is 642 g/mol. The fourth-order valence-electron chi connectivity index (χ4n) is 7.09. The number of hydrogen-bond acceptors (Lipinski definition) is 6. The maximum absolute atomic E-state index is 12.7. The van der Waals surface area contributed by atoms with E-state index in [1.54, 1.807) is 10.9 Å². The second-order valence-corrected chi connectivity index (χ2v) is 12.3. The maximum atomic E-state index is 12.7. The molecule has 0 saturated carbocycles. The van der Waals surface area contributed by atoms with E-state index in [1.807, 2.05) is 54.7 Å². The highest BCUT2D eigenvalue weighted by Gasteiger charge is 2.36. The van der Waals surface area contributed by atoms with Crippen LogP contribution in [0.3, 0.4) is 0 Å². The predicted octanol–water partition coefficient (Wildman–Crippen LogP) is 7.32. The SMILES string of the molecule is O=C(O)c1c2c(nn1CCCNC(c1ccccc1)(c1ccccc1)c1ccccc1)-c1nc(-c3cnc4ccccc4c3)ncc1CC2. The number of nitrogens with zero attached hydrogens (tertiary/aromatic N) is 5. The van der Waals surface area contributed by atoms with E-state index in [0.29, 0.717) is 49.6 Å². The number of carboxylic acid groups (broad SMARTS) is 1. The Morgan fingerprint density at radius 3 is 2.04 bits per heavy atom. The van der Waals surface area contributed by atoms with Gasteiger partial charge in [-0.1, -0.05) is 109 Å². The van der Waals surface area contributed by atoms with Gasteiger partial charge in [0.1, 0.15) is 11.4 Å². The van der Waals surface area contributed by atoms with E-state index in [9.17, 15) is 9.90 Å². The Bertz CT molecular complexity index is 2170. The first-order valence-electron chi connectivity index (χ1n) is 16.6. The third-order valence-corrected chi connectivity index (χ3v) is 9.39. The van der Waals surface area contributed by atoms with Crippen molar-refractivity contribution in [3.05, 3.63) is 167 Å². The number of aromatic nitrogens is 5. The third-order valence-electron chi connectivity index (χ3n) is 9.39. The minimum absolute atomic E-state index is 0.230. The molecule has 0 fully saturated rings. The largest absolute Gasteiger partial charge is 0.477 e. The molecule has 8 heteroatoms. The van der Waals surface area contributed by atoms with Gasteiger partial charge in [0.25, 0.3) is 0 Å². The average molecular weight is 643 g/mol. The van der Waals surface area contributed by atoms with Crippen molar-refractivity contribution >= 4 is 16.9 Å². The zero-order chi connectivity index (χ0) is 33.2. The molecule has 8 rings (SSSR count). The van der Waals surface area contributed by atoms with Crippen LogP contribution in [0.5, 0.6) is 0 Å². The van der Waals surface area contributed by atoms with Crippen molar-refractivity contribution in [3.8, 4) is 22.8 Å². The molecule has 0 spiro atoms. The lowest BCUT2D eigenvalue weighted by atomic mass is 9.77. The fourth-order valence-corrected chi connectivity index (χ4v) is 7.09. The number of fused-ring (bicyclic) bond motifs is 4. The van der Waals surface area contributed by atoms with Gasteiger partial charge in [-0.3, -0.25) is 15.0 Å². The van der Waals surface area contributed by atoms with Gasteiger partial charge in [-0.2, -0.15) is 5.10 Å². The van der Waals surface area contributed by atoms with Gasteiger partial charge >= 0.3 is 5.97 Å². The normalized spacial score (nSPS) is 12.4. The zero-order valence-electron chi connectivity index (χ0n) is 26.8. The van der Waals surface area contributed by atoms with Crippen LogP contribution < -0.4 is 5.32 Å². The van der Waals surface area contributed by atoms with Crippen molar-refractivity contribution in [1.82, 2.24) is 30.0 Å². The molecule has 0 amide bonds. The number of nitrogens with one attached hydrogen (secondary N) is 1. The first-order valence-corrected chi connectivity index (χ1v) is 16.6. The molecule has 1 aliphatic carbocycles. The van der Waals surface area contributed by atoms with Crippen molar-refractivity contribution in [1.29, 1.82) is 0 Å². The molecule has 1 aliphatic rings. The molecular weight excluding hydrogens is 608 g/mol. The summed E-state index contributed by atoms with van der Waals surface area (Å²) in [6, 6.07) is 41.3. The second-order valence-electron chi connectivity index (χ2n) is 12.3. The van der Waals surface area contributed by atoms with E-state index in [-0.39, 0.29) is 5.69 Å². The number of benzene rings is 4. The molecule has 0 saturated heterocycles. The summed E-state index contributed by atoms with van der Waals surface area (Å²) in [5, 5.41) is 20.2. The molecule has 3 heterocycles. The summed E-state index contributed by atoms with van der Waals surface area (Å²) in [6.07, 6.45) is 5.50. The second kappa shape index (κ2) is 12.9. The van der Waals surface area contributed by atoms with Gasteiger partial charge in [-0.25, -0.2) is 14.8 Å². The Balaban J connectivity index is 1.10. The van der Waals surface area contributed by atoms with Gasteiger partial charge in [0, 0.05) is 35.5 Å². The van der Waals surface area contributed by atoms with E-state index in [4.69, 9.17) is 10.1 Å². The van der Waals surface area contributed by atoms with Gasteiger partial charge in [0.2, 0.25) is 0 Å². The molecule has 8 nitrogen and oxygen atoms in total. The van der Waals surface area contributed by atoms with Crippen LogP contribution in [0.1, 0.15) is 44.7 Å². The van der Waals surface area contributed by atoms with E-state index < -0.39 is 11.5 Å². The molecule has 7 aromatic rings. The van der Waals surface area contributed by atoms with Crippen LogP contribution in [0.15, 0.2) is 134 Å². The summed E-state index contributed by atoms with van der Waals surface area (Å²) in [4.78, 5) is 26.9. The number of rotatable bonds is 10. The van der Waals surface area contributed by atoms with Crippen LogP contribution in [0, 0.1) is 0 Å². The topological polar surface area (TPSA) is 106 Å². The maximum Gasteiger partial charge on any atom is 0.354 e. The number of aromatic carboxylic acids is 1. The minimum Gasteiger partial charge on any atom is -0.477 e. The number of carbonyl (C=O) groups is 1.